The van der Waals surface area contributed by atoms with Gasteiger partial charge < -0.3 is 14.6 Å². The van der Waals surface area contributed by atoms with E-state index in [9.17, 15) is 4.79 Å². The molecule has 1 atom stereocenters. The number of carboxylic acids is 1. The Hall–Kier alpha value is -1.75. The zero-order valence-corrected chi connectivity index (χ0v) is 12.5. The Morgan fingerprint density at radius 2 is 2.10 bits per heavy atom. The van der Waals surface area contributed by atoms with Crippen LogP contribution in [0.3, 0.4) is 0 Å². The molecule has 1 N–H and O–H groups in total. The molecule has 1 aromatic rings. The molecule has 5 heteroatoms. The summed E-state index contributed by atoms with van der Waals surface area (Å²) in [6.07, 6.45) is 3.42. The summed E-state index contributed by atoms with van der Waals surface area (Å²) < 4.78 is 11.0. The highest BCUT2D eigenvalue weighted by Gasteiger charge is 2.24. The smallest absolute Gasteiger partial charge is 0.304 e. The molecule has 0 saturated carbocycles. The van der Waals surface area contributed by atoms with E-state index in [1.165, 1.54) is 0 Å². The first-order valence-electron chi connectivity index (χ1n) is 7.42. The average Bonchev–Trinajstić information content (AvgIpc) is 2.49. The van der Waals surface area contributed by atoms with Gasteiger partial charge in [0.05, 0.1) is 13.5 Å². The predicted octanol–water partition coefficient (Wildman–Crippen LogP) is 2.40. The van der Waals surface area contributed by atoms with Crippen molar-refractivity contribution in [1.29, 1.82) is 0 Å². The Labute approximate surface area is 125 Å². The summed E-state index contributed by atoms with van der Waals surface area (Å²) in [5.41, 5.74) is 0. The molecule has 21 heavy (non-hydrogen) atoms. The second kappa shape index (κ2) is 7.88. The fourth-order valence-corrected chi connectivity index (χ4v) is 2.80. The normalized spacial score (nSPS) is 19.2. The number of carbonyl (C=O) groups is 1. The SMILES string of the molecule is COc1ccccc1OCCN1CCCCC1CC(=O)O. The Kier molecular flexibility index (Phi) is 5.87. The van der Waals surface area contributed by atoms with E-state index in [0.717, 1.165) is 43.9 Å². The molecule has 0 aromatic heterocycles. The Morgan fingerprint density at radius 3 is 2.81 bits per heavy atom. The van der Waals surface area contributed by atoms with Gasteiger partial charge in [0.15, 0.2) is 11.5 Å². The molecule has 116 valence electrons. The summed E-state index contributed by atoms with van der Waals surface area (Å²) in [6, 6.07) is 7.69. The van der Waals surface area contributed by atoms with Crippen molar-refractivity contribution >= 4 is 5.97 Å². The van der Waals surface area contributed by atoms with Crippen LogP contribution >= 0.6 is 0 Å². The summed E-state index contributed by atoms with van der Waals surface area (Å²) in [5.74, 6) is 0.725. The van der Waals surface area contributed by atoms with Crippen LogP contribution in [0.5, 0.6) is 11.5 Å². The van der Waals surface area contributed by atoms with E-state index in [0.29, 0.717) is 6.61 Å². The third kappa shape index (κ3) is 4.63. The first-order valence-corrected chi connectivity index (χ1v) is 7.42. The van der Waals surface area contributed by atoms with E-state index < -0.39 is 5.97 Å². The average molecular weight is 293 g/mol. The van der Waals surface area contributed by atoms with E-state index in [4.69, 9.17) is 14.6 Å². The number of methoxy groups -OCH3 is 1. The summed E-state index contributed by atoms with van der Waals surface area (Å²) in [4.78, 5) is 13.1. The van der Waals surface area contributed by atoms with Crippen LogP contribution in [-0.4, -0.2) is 48.8 Å². The van der Waals surface area contributed by atoms with Gasteiger partial charge in [-0.3, -0.25) is 9.69 Å². The maximum Gasteiger partial charge on any atom is 0.304 e. The van der Waals surface area contributed by atoms with Crippen LogP contribution < -0.4 is 9.47 Å². The molecule has 0 amide bonds. The van der Waals surface area contributed by atoms with Crippen LogP contribution in [0.25, 0.3) is 0 Å². The molecule has 0 radical (unpaired) electrons. The monoisotopic (exact) mass is 293 g/mol. The topological polar surface area (TPSA) is 59.0 Å². The van der Waals surface area contributed by atoms with Crippen molar-refractivity contribution < 1.29 is 19.4 Å². The lowest BCUT2D eigenvalue weighted by Gasteiger charge is -2.34. The largest absolute Gasteiger partial charge is 0.493 e. The lowest BCUT2D eigenvalue weighted by Crippen LogP contribution is -2.42. The summed E-state index contributed by atoms with van der Waals surface area (Å²) in [6.45, 7) is 2.24. The molecule has 0 spiro atoms. The third-order valence-corrected chi connectivity index (χ3v) is 3.86. The lowest BCUT2D eigenvalue weighted by atomic mass is 9.99. The molecule has 1 aliphatic heterocycles. The number of hydrogen-bond acceptors (Lipinski definition) is 4. The van der Waals surface area contributed by atoms with Crippen molar-refractivity contribution in [2.24, 2.45) is 0 Å². The van der Waals surface area contributed by atoms with Crippen LogP contribution in [0.15, 0.2) is 24.3 Å². The number of piperidine rings is 1. The molecule has 2 rings (SSSR count). The highest BCUT2D eigenvalue weighted by Crippen LogP contribution is 2.26. The molecular formula is C16H23NO4. The molecule has 1 saturated heterocycles. The van der Waals surface area contributed by atoms with E-state index in [1.54, 1.807) is 7.11 Å². The number of nitrogens with zero attached hydrogens (tertiary/aromatic N) is 1. The molecule has 1 aliphatic rings. The zero-order chi connectivity index (χ0) is 15.1. The quantitative estimate of drug-likeness (QED) is 0.836. The van der Waals surface area contributed by atoms with Gasteiger partial charge in [0.2, 0.25) is 0 Å². The van der Waals surface area contributed by atoms with Crippen LogP contribution in [0, 0.1) is 0 Å². The van der Waals surface area contributed by atoms with Crippen molar-refractivity contribution in [2.75, 3.05) is 26.8 Å². The molecule has 1 aromatic carbocycles. The molecular weight excluding hydrogens is 270 g/mol. The standard InChI is InChI=1S/C16H23NO4/c1-20-14-7-2-3-8-15(14)21-11-10-17-9-5-4-6-13(17)12-16(18)19/h2-3,7-8,13H,4-6,9-12H2,1H3,(H,18,19). The van der Waals surface area contributed by atoms with Crippen molar-refractivity contribution in [1.82, 2.24) is 4.90 Å². The summed E-state index contributed by atoms with van der Waals surface area (Å²) in [5, 5.41) is 8.98. The first-order chi connectivity index (χ1) is 10.2. The zero-order valence-electron chi connectivity index (χ0n) is 12.5. The number of para-hydroxylation sites is 2. The molecule has 5 nitrogen and oxygen atoms in total. The van der Waals surface area contributed by atoms with Gasteiger partial charge >= 0.3 is 5.97 Å². The highest BCUT2D eigenvalue weighted by atomic mass is 16.5. The number of rotatable bonds is 7. The minimum atomic E-state index is -0.724. The Balaban J connectivity index is 1.84. The second-order valence-electron chi connectivity index (χ2n) is 5.28. The van der Waals surface area contributed by atoms with E-state index in [1.807, 2.05) is 24.3 Å². The molecule has 0 aliphatic carbocycles. The van der Waals surface area contributed by atoms with E-state index in [2.05, 4.69) is 4.90 Å². The fourth-order valence-electron chi connectivity index (χ4n) is 2.80. The van der Waals surface area contributed by atoms with Crippen LogP contribution in [0.2, 0.25) is 0 Å². The Morgan fingerprint density at radius 1 is 1.33 bits per heavy atom. The van der Waals surface area contributed by atoms with Gasteiger partial charge in [0.25, 0.3) is 0 Å². The van der Waals surface area contributed by atoms with Gasteiger partial charge in [-0.2, -0.15) is 0 Å². The first kappa shape index (κ1) is 15.6. The summed E-state index contributed by atoms with van der Waals surface area (Å²) in [7, 11) is 1.62. The summed E-state index contributed by atoms with van der Waals surface area (Å²) >= 11 is 0. The fraction of sp³-hybridized carbons (Fsp3) is 0.562. The van der Waals surface area contributed by atoms with Crippen LogP contribution in [-0.2, 0) is 4.79 Å². The number of hydrogen-bond donors (Lipinski definition) is 1. The third-order valence-electron chi connectivity index (χ3n) is 3.86. The number of ether oxygens (including phenoxy) is 2. The molecule has 1 fully saturated rings. The van der Waals surface area contributed by atoms with Crippen molar-refractivity contribution in [2.45, 2.75) is 31.7 Å². The minimum absolute atomic E-state index is 0.137. The predicted molar refractivity (Wildman–Crippen MR) is 80.0 cm³/mol. The molecule has 1 unspecified atom stereocenters. The number of aliphatic carboxylic acids is 1. The number of carboxylic acid groups (broad SMARTS) is 1. The van der Waals surface area contributed by atoms with E-state index in [-0.39, 0.29) is 12.5 Å². The molecule has 0 bridgehead atoms. The minimum Gasteiger partial charge on any atom is -0.493 e. The van der Waals surface area contributed by atoms with Gasteiger partial charge in [0.1, 0.15) is 6.61 Å². The van der Waals surface area contributed by atoms with E-state index >= 15 is 0 Å². The van der Waals surface area contributed by atoms with Gasteiger partial charge in [-0.05, 0) is 31.5 Å². The highest BCUT2D eigenvalue weighted by molar-refractivity contribution is 5.67. The lowest BCUT2D eigenvalue weighted by molar-refractivity contribution is -0.138. The van der Waals surface area contributed by atoms with Crippen molar-refractivity contribution in [3.63, 3.8) is 0 Å². The maximum atomic E-state index is 10.9. The maximum absolute atomic E-state index is 10.9. The van der Waals surface area contributed by atoms with Crippen LogP contribution in [0.4, 0.5) is 0 Å². The van der Waals surface area contributed by atoms with Gasteiger partial charge in [-0.25, -0.2) is 0 Å². The second-order valence-corrected chi connectivity index (χ2v) is 5.28. The van der Waals surface area contributed by atoms with Crippen LogP contribution in [0.1, 0.15) is 25.7 Å². The molecule has 1 heterocycles. The Bertz CT molecular complexity index is 463. The van der Waals surface area contributed by atoms with Gasteiger partial charge in [-0.15, -0.1) is 0 Å². The van der Waals surface area contributed by atoms with Crippen molar-refractivity contribution in [3.05, 3.63) is 24.3 Å². The van der Waals surface area contributed by atoms with Crippen molar-refractivity contribution in [3.8, 4) is 11.5 Å². The van der Waals surface area contributed by atoms with Gasteiger partial charge in [0, 0.05) is 12.6 Å². The van der Waals surface area contributed by atoms with Gasteiger partial charge in [-0.1, -0.05) is 18.6 Å². The number of benzene rings is 1. The number of likely N-dealkylation sites (tertiary alicyclic amines) is 1.